The van der Waals surface area contributed by atoms with Crippen LogP contribution >= 0.6 is 0 Å². The highest BCUT2D eigenvalue weighted by Gasteiger charge is 2.41. The van der Waals surface area contributed by atoms with Crippen LogP contribution in [0.25, 0.3) is 10.9 Å². The van der Waals surface area contributed by atoms with Crippen LogP contribution in [0.3, 0.4) is 0 Å². The summed E-state index contributed by atoms with van der Waals surface area (Å²) in [5.41, 5.74) is -0.511. The number of esters is 1. The fourth-order valence-electron chi connectivity index (χ4n) is 3.58. The van der Waals surface area contributed by atoms with Crippen LogP contribution in [-0.2, 0) is 9.53 Å². The second-order valence-corrected chi connectivity index (χ2v) is 6.53. The van der Waals surface area contributed by atoms with Crippen molar-refractivity contribution in [3.8, 4) is 0 Å². The molecule has 1 heterocycles. The van der Waals surface area contributed by atoms with Crippen LogP contribution in [-0.4, -0.2) is 29.5 Å². The number of aromatic amines is 1. The number of pyridine rings is 1. The van der Waals surface area contributed by atoms with Crippen molar-refractivity contribution in [3.63, 3.8) is 0 Å². The molecule has 132 valence electrons. The number of benzene rings is 1. The third-order valence-corrected chi connectivity index (χ3v) is 4.88. The van der Waals surface area contributed by atoms with Crippen molar-refractivity contribution in [2.75, 3.05) is 7.11 Å². The molecule has 0 atom stereocenters. The lowest BCUT2D eigenvalue weighted by Gasteiger charge is -2.31. The van der Waals surface area contributed by atoms with Gasteiger partial charge in [0.25, 0.3) is 5.91 Å². The van der Waals surface area contributed by atoms with Crippen LogP contribution in [0, 0.1) is 0 Å². The maximum absolute atomic E-state index is 12.9. The van der Waals surface area contributed by atoms with E-state index in [-0.39, 0.29) is 11.1 Å². The molecule has 0 spiro atoms. The SMILES string of the molecule is COC(=O)C1(NC(=O)c2cc(=O)[nH]c3ccccc23)CCCCCC1. The number of fused-ring (bicyclic) bond motifs is 1. The Morgan fingerprint density at radius 2 is 1.80 bits per heavy atom. The number of carbonyl (C=O) groups excluding carboxylic acids is 2. The van der Waals surface area contributed by atoms with Gasteiger partial charge in [-0.25, -0.2) is 4.79 Å². The standard InChI is InChI=1S/C19H22N2O4/c1-25-18(24)19(10-6-2-3-7-11-19)21-17(23)14-12-16(22)20-15-9-5-4-8-13(14)15/h4-5,8-9,12H,2-3,6-7,10-11H2,1H3,(H,20,22)(H,21,23). The molecular weight excluding hydrogens is 320 g/mol. The van der Waals surface area contributed by atoms with Crippen LogP contribution < -0.4 is 10.9 Å². The van der Waals surface area contributed by atoms with Crippen LogP contribution in [0.4, 0.5) is 0 Å². The van der Waals surface area contributed by atoms with Gasteiger partial charge in [-0.1, -0.05) is 43.9 Å². The highest BCUT2D eigenvalue weighted by atomic mass is 16.5. The molecule has 1 saturated carbocycles. The van der Waals surface area contributed by atoms with Crippen LogP contribution in [0.15, 0.2) is 35.1 Å². The lowest BCUT2D eigenvalue weighted by Crippen LogP contribution is -2.55. The van der Waals surface area contributed by atoms with Gasteiger partial charge in [-0.05, 0) is 18.9 Å². The van der Waals surface area contributed by atoms with Crippen molar-refractivity contribution < 1.29 is 14.3 Å². The first-order valence-corrected chi connectivity index (χ1v) is 8.59. The molecule has 2 aromatic rings. The zero-order chi connectivity index (χ0) is 17.9. The Labute approximate surface area is 145 Å². The molecule has 1 aromatic carbocycles. The predicted octanol–water partition coefficient (Wildman–Crippen LogP) is 2.52. The lowest BCUT2D eigenvalue weighted by atomic mass is 9.89. The molecule has 1 aliphatic rings. The molecule has 1 fully saturated rings. The van der Waals surface area contributed by atoms with E-state index in [0.717, 1.165) is 25.7 Å². The summed E-state index contributed by atoms with van der Waals surface area (Å²) in [6, 6.07) is 8.40. The van der Waals surface area contributed by atoms with E-state index in [2.05, 4.69) is 10.3 Å². The number of ether oxygens (including phenoxy) is 1. The van der Waals surface area contributed by atoms with Crippen molar-refractivity contribution in [3.05, 3.63) is 46.2 Å². The van der Waals surface area contributed by atoms with E-state index in [1.54, 1.807) is 24.3 Å². The molecule has 0 unspecified atom stereocenters. The van der Waals surface area contributed by atoms with Gasteiger partial charge in [-0.2, -0.15) is 0 Å². The van der Waals surface area contributed by atoms with Crippen LogP contribution in [0.2, 0.25) is 0 Å². The van der Waals surface area contributed by atoms with Gasteiger partial charge >= 0.3 is 5.97 Å². The Hall–Kier alpha value is -2.63. The quantitative estimate of drug-likeness (QED) is 0.663. The summed E-state index contributed by atoms with van der Waals surface area (Å²) in [7, 11) is 1.34. The maximum Gasteiger partial charge on any atom is 0.331 e. The summed E-state index contributed by atoms with van der Waals surface area (Å²) >= 11 is 0. The van der Waals surface area contributed by atoms with Gasteiger partial charge in [-0.15, -0.1) is 0 Å². The van der Waals surface area contributed by atoms with Crippen molar-refractivity contribution in [1.29, 1.82) is 0 Å². The third-order valence-electron chi connectivity index (χ3n) is 4.88. The number of carbonyl (C=O) groups is 2. The number of nitrogens with one attached hydrogen (secondary N) is 2. The van der Waals surface area contributed by atoms with E-state index in [1.807, 2.05) is 0 Å². The monoisotopic (exact) mass is 342 g/mol. The third kappa shape index (κ3) is 3.43. The Kier molecular flexibility index (Phi) is 4.88. The summed E-state index contributed by atoms with van der Waals surface area (Å²) in [4.78, 5) is 40.0. The minimum atomic E-state index is -1.02. The smallest absolute Gasteiger partial charge is 0.331 e. The van der Waals surface area contributed by atoms with E-state index >= 15 is 0 Å². The number of methoxy groups -OCH3 is 1. The van der Waals surface area contributed by atoms with Gasteiger partial charge in [0.05, 0.1) is 12.7 Å². The molecule has 3 rings (SSSR count). The Balaban J connectivity index is 2.00. The Morgan fingerprint density at radius 3 is 2.48 bits per heavy atom. The number of aromatic nitrogens is 1. The number of rotatable bonds is 3. The van der Waals surface area contributed by atoms with Gasteiger partial charge in [0, 0.05) is 17.0 Å². The number of amides is 1. The molecule has 2 N–H and O–H groups in total. The van der Waals surface area contributed by atoms with E-state index in [9.17, 15) is 14.4 Å². The Bertz CT molecular complexity index is 848. The second kappa shape index (κ2) is 7.09. The van der Waals surface area contributed by atoms with Gasteiger partial charge in [-0.3, -0.25) is 9.59 Å². The van der Waals surface area contributed by atoms with Crippen molar-refractivity contribution in [1.82, 2.24) is 10.3 Å². The zero-order valence-corrected chi connectivity index (χ0v) is 14.3. The minimum absolute atomic E-state index is 0.270. The molecule has 25 heavy (non-hydrogen) atoms. The molecule has 6 heteroatoms. The molecule has 1 amide bonds. The van der Waals surface area contributed by atoms with Gasteiger partial charge < -0.3 is 15.0 Å². The molecule has 0 saturated heterocycles. The molecule has 1 aliphatic carbocycles. The van der Waals surface area contributed by atoms with Gasteiger partial charge in [0.15, 0.2) is 0 Å². The molecule has 0 radical (unpaired) electrons. The topological polar surface area (TPSA) is 88.3 Å². The maximum atomic E-state index is 12.9. The fourth-order valence-corrected chi connectivity index (χ4v) is 3.58. The average Bonchev–Trinajstić information content (AvgIpc) is 2.86. The number of hydrogen-bond acceptors (Lipinski definition) is 4. The first-order valence-electron chi connectivity index (χ1n) is 8.59. The van der Waals surface area contributed by atoms with Crippen LogP contribution in [0.5, 0.6) is 0 Å². The molecule has 0 aliphatic heterocycles. The first kappa shape index (κ1) is 17.2. The summed E-state index contributed by atoms with van der Waals surface area (Å²) in [5.74, 6) is -0.841. The van der Waals surface area contributed by atoms with E-state index in [1.165, 1.54) is 13.2 Å². The average molecular weight is 342 g/mol. The summed E-state index contributed by atoms with van der Waals surface area (Å²) in [6.07, 6.45) is 4.86. The molecule has 1 aromatic heterocycles. The van der Waals surface area contributed by atoms with Crippen molar-refractivity contribution >= 4 is 22.8 Å². The van der Waals surface area contributed by atoms with Crippen LogP contribution in [0.1, 0.15) is 48.9 Å². The predicted molar refractivity (Wildman–Crippen MR) is 94.5 cm³/mol. The second-order valence-electron chi connectivity index (χ2n) is 6.53. The van der Waals surface area contributed by atoms with E-state index < -0.39 is 17.4 Å². The zero-order valence-electron chi connectivity index (χ0n) is 14.3. The van der Waals surface area contributed by atoms with Gasteiger partial charge in [0.2, 0.25) is 5.56 Å². The number of H-pyrrole nitrogens is 1. The Morgan fingerprint density at radius 1 is 1.12 bits per heavy atom. The highest BCUT2D eigenvalue weighted by molar-refractivity contribution is 6.07. The molecular formula is C19H22N2O4. The normalized spacial score (nSPS) is 16.8. The minimum Gasteiger partial charge on any atom is -0.467 e. The fraction of sp³-hybridized carbons (Fsp3) is 0.421. The summed E-state index contributed by atoms with van der Waals surface area (Å²) < 4.78 is 4.98. The van der Waals surface area contributed by atoms with Crippen molar-refractivity contribution in [2.24, 2.45) is 0 Å². The number of para-hydroxylation sites is 1. The lowest BCUT2D eigenvalue weighted by molar-refractivity contribution is -0.148. The number of hydrogen-bond donors (Lipinski definition) is 2. The summed E-state index contributed by atoms with van der Waals surface area (Å²) in [6.45, 7) is 0. The van der Waals surface area contributed by atoms with E-state index in [0.29, 0.717) is 23.7 Å². The molecule has 6 nitrogen and oxygen atoms in total. The van der Waals surface area contributed by atoms with Crippen molar-refractivity contribution in [2.45, 2.75) is 44.1 Å². The highest BCUT2D eigenvalue weighted by Crippen LogP contribution is 2.29. The largest absolute Gasteiger partial charge is 0.467 e. The summed E-state index contributed by atoms with van der Waals surface area (Å²) in [5, 5.41) is 3.54. The van der Waals surface area contributed by atoms with E-state index in [4.69, 9.17) is 4.74 Å². The first-order chi connectivity index (χ1) is 12.1. The van der Waals surface area contributed by atoms with Gasteiger partial charge in [0.1, 0.15) is 5.54 Å². The molecule has 0 bridgehead atoms.